The molecule has 0 aliphatic rings. The third kappa shape index (κ3) is 3.37. The monoisotopic (exact) mass is 178 g/mol. The zero-order valence-corrected chi connectivity index (χ0v) is 6.33. The molecule has 0 aliphatic heterocycles. The van der Waals surface area contributed by atoms with Crippen LogP contribution in [0.15, 0.2) is 11.1 Å². The number of rotatable bonds is 3. The first-order valence-electron chi connectivity index (χ1n) is 2.23. The lowest BCUT2D eigenvalue weighted by molar-refractivity contribution is -0.102. The topological polar surface area (TPSA) is 64.8 Å². The van der Waals surface area contributed by atoms with Gasteiger partial charge in [0.15, 0.2) is 6.29 Å². The standard InChI is InChI=1S/C5H4Cl2N2O/c6-3(1-5(7)9)4(8)2-10/h1-2,8-9H/b3-1+,8-4?,9-5?. The van der Waals surface area contributed by atoms with Gasteiger partial charge in [-0.1, -0.05) is 23.2 Å². The maximum atomic E-state index is 9.86. The second kappa shape index (κ2) is 4.19. The molecule has 0 atom stereocenters. The lowest BCUT2D eigenvalue weighted by Gasteiger charge is -1.88. The summed E-state index contributed by atoms with van der Waals surface area (Å²) in [6.45, 7) is 0. The van der Waals surface area contributed by atoms with Crippen molar-refractivity contribution in [1.82, 2.24) is 0 Å². The third-order valence-electron chi connectivity index (χ3n) is 0.629. The van der Waals surface area contributed by atoms with Crippen LogP contribution in [-0.2, 0) is 4.79 Å². The molecule has 5 heteroatoms. The molecular weight excluding hydrogens is 175 g/mol. The van der Waals surface area contributed by atoms with Crippen molar-refractivity contribution in [3.8, 4) is 0 Å². The summed E-state index contributed by atoms with van der Waals surface area (Å²) < 4.78 is 0. The summed E-state index contributed by atoms with van der Waals surface area (Å²) in [6.07, 6.45) is 1.29. The first-order valence-corrected chi connectivity index (χ1v) is 2.99. The van der Waals surface area contributed by atoms with Gasteiger partial charge in [0, 0.05) is 0 Å². The molecule has 0 radical (unpaired) electrons. The second-order valence-electron chi connectivity index (χ2n) is 1.37. The van der Waals surface area contributed by atoms with E-state index in [1.165, 1.54) is 0 Å². The highest BCUT2D eigenvalue weighted by molar-refractivity contribution is 6.69. The summed E-state index contributed by atoms with van der Waals surface area (Å²) in [6, 6.07) is 0. The van der Waals surface area contributed by atoms with E-state index in [1.54, 1.807) is 0 Å². The largest absolute Gasteiger partial charge is 0.296 e. The second-order valence-corrected chi connectivity index (χ2v) is 2.19. The van der Waals surface area contributed by atoms with Gasteiger partial charge in [0.1, 0.15) is 10.9 Å². The van der Waals surface area contributed by atoms with Crippen LogP contribution in [0, 0.1) is 10.8 Å². The lowest BCUT2D eigenvalue weighted by atomic mass is 10.3. The quantitative estimate of drug-likeness (QED) is 0.500. The molecule has 2 N–H and O–H groups in total. The van der Waals surface area contributed by atoms with Crippen LogP contribution in [0.2, 0.25) is 0 Å². The number of allylic oxidation sites excluding steroid dienone is 2. The SMILES string of the molecule is N=C(Cl)/C=C(/Cl)C(=N)C=O. The molecule has 3 nitrogen and oxygen atoms in total. The number of hydrogen-bond donors (Lipinski definition) is 2. The van der Waals surface area contributed by atoms with Gasteiger partial charge in [0.2, 0.25) is 0 Å². The van der Waals surface area contributed by atoms with Crippen molar-refractivity contribution in [3.05, 3.63) is 11.1 Å². The van der Waals surface area contributed by atoms with Gasteiger partial charge in [-0.25, -0.2) is 0 Å². The Morgan fingerprint density at radius 2 is 1.80 bits per heavy atom. The lowest BCUT2D eigenvalue weighted by Crippen LogP contribution is -1.97. The van der Waals surface area contributed by atoms with Crippen LogP contribution in [0.25, 0.3) is 0 Å². The third-order valence-corrected chi connectivity index (χ3v) is 1.05. The Bertz CT molecular complexity index is 210. The van der Waals surface area contributed by atoms with E-state index in [0.717, 1.165) is 6.08 Å². The fourth-order valence-electron chi connectivity index (χ4n) is 0.245. The van der Waals surface area contributed by atoms with Gasteiger partial charge in [0.25, 0.3) is 0 Å². The van der Waals surface area contributed by atoms with Crippen molar-refractivity contribution in [1.29, 1.82) is 10.8 Å². The van der Waals surface area contributed by atoms with E-state index in [2.05, 4.69) is 0 Å². The van der Waals surface area contributed by atoms with Gasteiger partial charge >= 0.3 is 0 Å². The summed E-state index contributed by atoms with van der Waals surface area (Å²) in [5, 5.41) is 13.1. The van der Waals surface area contributed by atoms with E-state index in [0.29, 0.717) is 0 Å². The summed E-state index contributed by atoms with van der Waals surface area (Å²) in [5.41, 5.74) is -0.382. The van der Waals surface area contributed by atoms with Gasteiger partial charge in [-0.05, 0) is 6.08 Å². The minimum absolute atomic E-state index is 0.130. The molecule has 0 heterocycles. The molecule has 54 valence electrons. The van der Waals surface area contributed by atoms with Crippen LogP contribution in [0.4, 0.5) is 0 Å². The fourth-order valence-corrected chi connectivity index (χ4v) is 0.564. The zero-order valence-electron chi connectivity index (χ0n) is 4.82. The Balaban J connectivity index is 4.33. The van der Waals surface area contributed by atoms with Gasteiger partial charge in [0.05, 0.1) is 5.03 Å². The van der Waals surface area contributed by atoms with Crippen molar-refractivity contribution in [2.24, 2.45) is 0 Å². The smallest absolute Gasteiger partial charge is 0.169 e. The Morgan fingerprint density at radius 1 is 1.30 bits per heavy atom. The predicted octanol–water partition coefficient (Wildman–Crippen LogP) is 1.54. The van der Waals surface area contributed by atoms with Gasteiger partial charge < -0.3 is 0 Å². The first-order chi connectivity index (χ1) is 4.57. The molecule has 10 heavy (non-hydrogen) atoms. The van der Waals surface area contributed by atoms with E-state index in [9.17, 15) is 4.79 Å². The molecule has 0 saturated heterocycles. The number of carbonyl (C=O) groups is 1. The Morgan fingerprint density at radius 3 is 2.10 bits per heavy atom. The molecule has 0 unspecified atom stereocenters. The van der Waals surface area contributed by atoms with Crippen LogP contribution in [0.3, 0.4) is 0 Å². The minimum Gasteiger partial charge on any atom is -0.296 e. The average molecular weight is 179 g/mol. The van der Waals surface area contributed by atoms with Crippen molar-refractivity contribution in [3.63, 3.8) is 0 Å². The number of aldehydes is 1. The van der Waals surface area contributed by atoms with Crippen LogP contribution in [0.1, 0.15) is 0 Å². The van der Waals surface area contributed by atoms with Crippen LogP contribution in [0.5, 0.6) is 0 Å². The summed E-state index contributed by atoms with van der Waals surface area (Å²) >= 11 is 10.4. The molecule has 0 saturated carbocycles. The number of carbonyl (C=O) groups excluding carboxylic acids is 1. The van der Waals surface area contributed by atoms with Crippen molar-refractivity contribution < 1.29 is 4.79 Å². The highest BCUT2D eigenvalue weighted by atomic mass is 35.5. The van der Waals surface area contributed by atoms with Gasteiger partial charge in [-0.3, -0.25) is 15.6 Å². The van der Waals surface area contributed by atoms with E-state index in [-0.39, 0.29) is 22.2 Å². The predicted molar refractivity (Wildman–Crippen MR) is 41.3 cm³/mol. The van der Waals surface area contributed by atoms with Crippen LogP contribution in [-0.4, -0.2) is 17.2 Å². The number of halogens is 2. The molecule has 0 aromatic carbocycles. The molecule has 0 spiro atoms. The first kappa shape index (κ1) is 9.33. The minimum atomic E-state index is -0.382. The summed E-state index contributed by atoms with van der Waals surface area (Å²) in [5.74, 6) is 0. The van der Waals surface area contributed by atoms with Gasteiger partial charge in [-0.15, -0.1) is 0 Å². The maximum absolute atomic E-state index is 9.86. The zero-order chi connectivity index (χ0) is 8.15. The maximum Gasteiger partial charge on any atom is 0.169 e. The number of hydrogen-bond acceptors (Lipinski definition) is 3. The van der Waals surface area contributed by atoms with Crippen molar-refractivity contribution in [2.45, 2.75) is 0 Å². The van der Waals surface area contributed by atoms with E-state index < -0.39 is 0 Å². The number of nitrogens with one attached hydrogen (secondary N) is 2. The molecule has 0 fully saturated rings. The average Bonchev–Trinajstić information content (AvgIpc) is 1.85. The molecule has 0 amide bonds. The highest BCUT2D eigenvalue weighted by Crippen LogP contribution is 2.02. The molecule has 0 aromatic heterocycles. The van der Waals surface area contributed by atoms with Crippen LogP contribution >= 0.6 is 23.2 Å². The van der Waals surface area contributed by atoms with Crippen molar-refractivity contribution >= 4 is 40.4 Å². The Kier molecular flexibility index (Phi) is 3.91. The Labute approximate surface area is 67.6 Å². The van der Waals surface area contributed by atoms with Crippen LogP contribution < -0.4 is 0 Å². The fraction of sp³-hybridized carbons (Fsp3) is 0. The van der Waals surface area contributed by atoms with Crippen molar-refractivity contribution in [2.75, 3.05) is 0 Å². The van der Waals surface area contributed by atoms with E-state index in [4.69, 9.17) is 34.0 Å². The summed E-state index contributed by atoms with van der Waals surface area (Å²) in [7, 11) is 0. The molecule has 0 aromatic rings. The molecular formula is C5H4Cl2N2O. The normalized spacial score (nSPS) is 10.8. The molecule has 0 aliphatic carbocycles. The van der Waals surface area contributed by atoms with E-state index in [1.807, 2.05) is 0 Å². The molecule has 0 rings (SSSR count). The van der Waals surface area contributed by atoms with E-state index >= 15 is 0 Å². The highest BCUT2D eigenvalue weighted by Gasteiger charge is 1.99. The molecule has 0 bridgehead atoms. The Hall–Kier alpha value is -0.670. The summed E-state index contributed by atoms with van der Waals surface area (Å²) in [4.78, 5) is 9.86. The van der Waals surface area contributed by atoms with Gasteiger partial charge in [-0.2, -0.15) is 0 Å².